The Balaban J connectivity index is 1.77. The highest BCUT2D eigenvalue weighted by Crippen LogP contribution is 2.39. The van der Waals surface area contributed by atoms with Gasteiger partial charge in [0.05, 0.1) is 23.7 Å². The summed E-state index contributed by atoms with van der Waals surface area (Å²) in [7, 11) is 0. The van der Waals surface area contributed by atoms with Crippen molar-refractivity contribution in [1.29, 1.82) is 0 Å². The van der Waals surface area contributed by atoms with E-state index in [1.807, 2.05) is 36.4 Å². The second-order valence-electron chi connectivity index (χ2n) is 9.64. The van der Waals surface area contributed by atoms with E-state index < -0.39 is 0 Å². The molecule has 3 aromatic rings. The smallest absolute Gasteiger partial charge is 0.247 e. The lowest BCUT2D eigenvalue weighted by atomic mass is 9.78. The predicted molar refractivity (Wildman–Crippen MR) is 121 cm³/mol. The van der Waals surface area contributed by atoms with Crippen LogP contribution in [0.15, 0.2) is 41.5 Å². The number of carbonyl (C=O) groups is 1. The van der Waals surface area contributed by atoms with E-state index in [1.54, 1.807) is 6.21 Å². The summed E-state index contributed by atoms with van der Waals surface area (Å²) in [4.78, 5) is 19.8. The molecule has 0 saturated carbocycles. The van der Waals surface area contributed by atoms with Crippen LogP contribution in [-0.4, -0.2) is 27.2 Å². The zero-order valence-electron chi connectivity index (χ0n) is 18.5. The molecule has 0 unspecified atom stereocenters. The quantitative estimate of drug-likeness (QED) is 0.438. The number of H-pyrrole nitrogens is 1. The number of phenolic OH excluding ortho intramolecular Hbond substituents is 1. The monoisotopic (exact) mass is 406 g/mol. The molecule has 30 heavy (non-hydrogen) atoms. The minimum atomic E-state index is -0.254. The van der Waals surface area contributed by atoms with Crippen LogP contribution < -0.4 is 5.43 Å². The van der Waals surface area contributed by atoms with Gasteiger partial charge < -0.3 is 10.1 Å². The van der Waals surface area contributed by atoms with E-state index in [1.165, 1.54) is 0 Å². The molecule has 0 bridgehead atoms. The number of phenols is 1. The summed E-state index contributed by atoms with van der Waals surface area (Å²) in [6.07, 6.45) is 1.72. The molecule has 0 saturated heterocycles. The van der Waals surface area contributed by atoms with Crippen LogP contribution >= 0.6 is 0 Å². The van der Waals surface area contributed by atoms with E-state index in [9.17, 15) is 9.90 Å². The molecule has 0 aliphatic rings. The van der Waals surface area contributed by atoms with E-state index in [-0.39, 0.29) is 23.2 Å². The van der Waals surface area contributed by atoms with Gasteiger partial charge in [-0.05, 0) is 40.7 Å². The molecule has 3 rings (SSSR count). The van der Waals surface area contributed by atoms with E-state index in [0.717, 1.165) is 27.7 Å². The topological polar surface area (TPSA) is 90.4 Å². The molecular formula is C24H30N4O2. The maximum Gasteiger partial charge on any atom is 0.247 e. The minimum absolute atomic E-state index is 0.113. The van der Waals surface area contributed by atoms with Gasteiger partial charge in [0.1, 0.15) is 11.6 Å². The Morgan fingerprint density at radius 3 is 2.27 bits per heavy atom. The Bertz CT molecular complexity index is 1030. The number of imidazole rings is 1. The molecule has 1 aromatic heterocycles. The normalized spacial score (nSPS) is 12.6. The van der Waals surface area contributed by atoms with Crippen LogP contribution in [0.2, 0.25) is 0 Å². The zero-order chi connectivity index (χ0) is 22.1. The van der Waals surface area contributed by atoms with Gasteiger partial charge in [-0.2, -0.15) is 5.10 Å². The molecule has 6 nitrogen and oxygen atoms in total. The molecule has 0 aliphatic heterocycles. The molecule has 2 aromatic carbocycles. The van der Waals surface area contributed by atoms with Crippen LogP contribution in [0.25, 0.3) is 11.0 Å². The third-order valence-corrected chi connectivity index (χ3v) is 4.92. The number of nitrogens with one attached hydrogen (secondary N) is 2. The Morgan fingerprint density at radius 2 is 1.70 bits per heavy atom. The number of amides is 1. The van der Waals surface area contributed by atoms with E-state index >= 15 is 0 Å². The van der Waals surface area contributed by atoms with Gasteiger partial charge in [0.25, 0.3) is 0 Å². The van der Waals surface area contributed by atoms with Gasteiger partial charge in [0.15, 0.2) is 0 Å². The second kappa shape index (κ2) is 7.94. The van der Waals surface area contributed by atoms with Gasteiger partial charge in [-0.15, -0.1) is 0 Å². The van der Waals surface area contributed by atoms with Gasteiger partial charge in [0, 0.05) is 11.1 Å². The number of fused-ring (bicyclic) bond motifs is 1. The van der Waals surface area contributed by atoms with Crippen molar-refractivity contribution in [2.75, 3.05) is 0 Å². The van der Waals surface area contributed by atoms with Crippen LogP contribution in [0.3, 0.4) is 0 Å². The van der Waals surface area contributed by atoms with Crippen LogP contribution in [0, 0.1) is 0 Å². The molecule has 0 spiro atoms. The number of rotatable bonds is 4. The molecular weight excluding hydrogens is 376 g/mol. The van der Waals surface area contributed by atoms with Crippen LogP contribution in [0.4, 0.5) is 0 Å². The first-order chi connectivity index (χ1) is 13.9. The Hall–Kier alpha value is -3.15. The van der Waals surface area contributed by atoms with E-state index in [4.69, 9.17) is 0 Å². The lowest BCUT2D eigenvalue weighted by molar-refractivity contribution is -0.120. The molecule has 0 aliphatic carbocycles. The SMILES string of the molecule is CC(C)(C)c1cc(/C=N/NC(=O)Cc2nc3ccccc3[nH]2)cc(C(C)(C)C)c1O. The minimum Gasteiger partial charge on any atom is -0.507 e. The number of aromatic amines is 1. The fourth-order valence-corrected chi connectivity index (χ4v) is 3.33. The number of hydrogen-bond acceptors (Lipinski definition) is 4. The average Bonchev–Trinajstić information content (AvgIpc) is 3.03. The van der Waals surface area contributed by atoms with Gasteiger partial charge in [-0.25, -0.2) is 10.4 Å². The average molecular weight is 407 g/mol. The van der Waals surface area contributed by atoms with Crippen molar-refractivity contribution >= 4 is 23.2 Å². The van der Waals surface area contributed by atoms with Crippen molar-refractivity contribution in [2.45, 2.75) is 58.8 Å². The Morgan fingerprint density at radius 1 is 1.10 bits per heavy atom. The van der Waals surface area contributed by atoms with Crippen molar-refractivity contribution in [2.24, 2.45) is 5.10 Å². The maximum atomic E-state index is 12.3. The number of carbonyl (C=O) groups excluding carboxylic acids is 1. The summed E-state index contributed by atoms with van der Waals surface area (Å²) in [5, 5.41) is 14.9. The first kappa shape index (κ1) is 21.6. The lowest BCUT2D eigenvalue weighted by Crippen LogP contribution is -2.21. The van der Waals surface area contributed by atoms with Gasteiger partial charge in [-0.1, -0.05) is 53.7 Å². The summed E-state index contributed by atoms with van der Waals surface area (Å²) in [6, 6.07) is 11.5. The molecule has 0 fully saturated rings. The largest absolute Gasteiger partial charge is 0.507 e. The van der Waals surface area contributed by atoms with Gasteiger partial charge >= 0.3 is 0 Å². The molecule has 158 valence electrons. The molecule has 0 radical (unpaired) electrons. The number of aromatic nitrogens is 2. The molecule has 6 heteroatoms. The number of benzene rings is 2. The first-order valence-corrected chi connectivity index (χ1v) is 10.1. The van der Waals surface area contributed by atoms with E-state index in [2.05, 4.69) is 62.0 Å². The Kier molecular flexibility index (Phi) is 5.70. The van der Waals surface area contributed by atoms with Gasteiger partial charge in [-0.3, -0.25) is 4.79 Å². The number of hydrogen-bond donors (Lipinski definition) is 3. The summed E-state index contributed by atoms with van der Waals surface area (Å²) in [6.45, 7) is 12.4. The highest BCUT2D eigenvalue weighted by Gasteiger charge is 2.26. The molecule has 3 N–H and O–H groups in total. The predicted octanol–water partition coefficient (Wildman–Crippen LogP) is 4.56. The van der Waals surface area contributed by atoms with Crippen molar-refractivity contribution in [1.82, 2.24) is 15.4 Å². The molecule has 1 amide bonds. The highest BCUT2D eigenvalue weighted by molar-refractivity contribution is 5.84. The van der Waals surface area contributed by atoms with E-state index in [0.29, 0.717) is 11.6 Å². The van der Waals surface area contributed by atoms with Crippen molar-refractivity contribution < 1.29 is 9.90 Å². The first-order valence-electron chi connectivity index (χ1n) is 10.1. The third kappa shape index (κ3) is 4.87. The summed E-state index contributed by atoms with van der Waals surface area (Å²) < 4.78 is 0. The summed E-state index contributed by atoms with van der Waals surface area (Å²) in [5.74, 6) is 0.663. The molecule has 0 atom stereocenters. The van der Waals surface area contributed by atoms with Crippen LogP contribution in [0.5, 0.6) is 5.75 Å². The number of aromatic hydroxyl groups is 1. The fourth-order valence-electron chi connectivity index (χ4n) is 3.33. The van der Waals surface area contributed by atoms with Crippen molar-refractivity contribution in [3.63, 3.8) is 0 Å². The van der Waals surface area contributed by atoms with Crippen LogP contribution in [0.1, 0.15) is 64.1 Å². The maximum absolute atomic E-state index is 12.3. The standard InChI is InChI=1S/C24H30N4O2/c1-23(2,3)16-11-15(12-17(22(16)30)24(4,5)6)14-25-28-21(29)13-20-26-18-9-7-8-10-19(18)27-20/h7-12,14,30H,13H2,1-6H3,(H,26,27)(H,28,29)/b25-14+. The third-order valence-electron chi connectivity index (χ3n) is 4.92. The van der Waals surface area contributed by atoms with Crippen molar-refractivity contribution in [3.8, 4) is 5.75 Å². The summed E-state index contributed by atoms with van der Waals surface area (Å²) in [5.41, 5.74) is 6.38. The number of hydrazone groups is 1. The summed E-state index contributed by atoms with van der Waals surface area (Å²) >= 11 is 0. The van der Waals surface area contributed by atoms with Gasteiger partial charge in [0.2, 0.25) is 5.91 Å². The molecule has 1 heterocycles. The second-order valence-corrected chi connectivity index (χ2v) is 9.64. The van der Waals surface area contributed by atoms with Crippen molar-refractivity contribution in [3.05, 3.63) is 58.9 Å². The highest BCUT2D eigenvalue weighted by atomic mass is 16.3. The zero-order valence-corrected chi connectivity index (χ0v) is 18.5. The number of nitrogens with zero attached hydrogens (tertiary/aromatic N) is 2. The Labute approximate surface area is 177 Å². The van der Waals surface area contributed by atoms with Crippen LogP contribution in [-0.2, 0) is 22.0 Å². The number of para-hydroxylation sites is 2. The fraction of sp³-hybridized carbons (Fsp3) is 0.375. The lowest BCUT2D eigenvalue weighted by Gasteiger charge is -2.27.